The molecule has 0 saturated heterocycles. The van der Waals surface area contributed by atoms with Crippen molar-refractivity contribution in [2.24, 2.45) is 0 Å². The van der Waals surface area contributed by atoms with Crippen molar-refractivity contribution in [1.82, 2.24) is 0 Å². The Hall–Kier alpha value is -1.85. The van der Waals surface area contributed by atoms with E-state index < -0.39 is 43.0 Å². The Labute approximate surface area is 157 Å². The number of hydrogen-bond donors (Lipinski definition) is 5. The summed E-state index contributed by atoms with van der Waals surface area (Å²) < 4.78 is 8.93. The van der Waals surface area contributed by atoms with Gasteiger partial charge in [-0.2, -0.15) is 0 Å². The Balaban J connectivity index is 3.96. The lowest BCUT2D eigenvalue weighted by atomic mass is 10.0. The van der Waals surface area contributed by atoms with Gasteiger partial charge in [-0.05, 0) is 12.8 Å². The molecular formula is C17H28O10. The lowest BCUT2D eigenvalue weighted by molar-refractivity contribution is -0.176. The second kappa shape index (κ2) is 14.2. The molecule has 0 aliphatic carbocycles. The molecule has 0 aromatic carbocycles. The van der Waals surface area contributed by atoms with Gasteiger partial charge in [0.2, 0.25) is 0 Å². The third-order valence-corrected chi connectivity index (χ3v) is 3.69. The van der Waals surface area contributed by atoms with Crippen LogP contribution in [0.25, 0.3) is 0 Å². The molecule has 0 aliphatic rings. The highest BCUT2D eigenvalue weighted by Crippen LogP contribution is 2.10. The van der Waals surface area contributed by atoms with E-state index in [1.165, 1.54) is 0 Å². The summed E-state index contributed by atoms with van der Waals surface area (Å²) in [4.78, 5) is 34.1. The van der Waals surface area contributed by atoms with E-state index in [1.807, 2.05) is 0 Å². The van der Waals surface area contributed by atoms with Crippen LogP contribution in [0.15, 0.2) is 12.8 Å². The largest absolute Gasteiger partial charge is 0.435 e. The molecule has 0 aromatic rings. The summed E-state index contributed by atoms with van der Waals surface area (Å²) in [6.07, 6.45) is -3.63. The van der Waals surface area contributed by atoms with E-state index >= 15 is 0 Å². The van der Waals surface area contributed by atoms with Crippen LogP contribution in [0.3, 0.4) is 0 Å². The molecule has 10 nitrogen and oxygen atoms in total. The summed E-state index contributed by atoms with van der Waals surface area (Å²) in [5.74, 6) is -2.72. The van der Waals surface area contributed by atoms with Crippen molar-refractivity contribution in [3.63, 3.8) is 0 Å². The van der Waals surface area contributed by atoms with E-state index in [9.17, 15) is 29.7 Å². The molecule has 0 unspecified atom stereocenters. The smallest absolute Gasteiger partial charge is 0.345 e. The van der Waals surface area contributed by atoms with E-state index in [4.69, 9.17) is 10.2 Å². The van der Waals surface area contributed by atoms with Gasteiger partial charge in [-0.1, -0.05) is 25.8 Å². The van der Waals surface area contributed by atoms with Gasteiger partial charge in [0.05, 0.1) is 12.9 Å². The van der Waals surface area contributed by atoms with Crippen molar-refractivity contribution in [2.45, 2.75) is 69.4 Å². The molecule has 10 heteroatoms. The van der Waals surface area contributed by atoms with Crippen molar-refractivity contribution in [2.75, 3.05) is 6.61 Å². The van der Waals surface area contributed by atoms with Crippen LogP contribution in [0.4, 0.5) is 0 Å². The molecule has 0 aromatic heterocycles. The fourth-order valence-corrected chi connectivity index (χ4v) is 2.11. The number of aliphatic hydroxyl groups excluding tert-OH is 5. The second-order valence-electron chi connectivity index (χ2n) is 5.89. The van der Waals surface area contributed by atoms with Crippen molar-refractivity contribution in [1.29, 1.82) is 0 Å². The number of carbonyl (C=O) groups excluding carboxylic acids is 3. The minimum atomic E-state index is -2.25. The van der Waals surface area contributed by atoms with Crippen LogP contribution in [0.1, 0.15) is 44.9 Å². The third-order valence-electron chi connectivity index (χ3n) is 3.69. The summed E-state index contributed by atoms with van der Waals surface area (Å²) in [6, 6.07) is 0. The standard InChI is InChI=1S/C17H28O10/c1-2-26-12(20)8-6-4-3-5-7-9-13(21)27-17(25)16(24)15(23)14(22)11(19)10-18/h2,11,14-16,18-19,22-24H,1,3-10H2/t11-,14-,15+,16-/m1/s1. The molecule has 0 radical (unpaired) electrons. The Kier molecular flexibility index (Phi) is 13.3. The molecule has 0 fully saturated rings. The number of hydrogen-bond acceptors (Lipinski definition) is 10. The van der Waals surface area contributed by atoms with Crippen molar-refractivity contribution in [3.05, 3.63) is 12.8 Å². The quantitative estimate of drug-likeness (QED) is 0.106. The number of rotatable bonds is 14. The lowest BCUT2D eigenvalue weighted by Crippen LogP contribution is -2.49. The molecule has 0 amide bonds. The first kappa shape index (κ1) is 25.1. The second-order valence-corrected chi connectivity index (χ2v) is 5.89. The number of carbonyl (C=O) groups is 3. The summed E-state index contributed by atoms with van der Waals surface area (Å²) in [5.41, 5.74) is 0. The topological polar surface area (TPSA) is 171 Å². The molecule has 5 N–H and O–H groups in total. The predicted molar refractivity (Wildman–Crippen MR) is 90.8 cm³/mol. The third kappa shape index (κ3) is 10.8. The van der Waals surface area contributed by atoms with Crippen LogP contribution in [0, 0.1) is 0 Å². The van der Waals surface area contributed by atoms with Crippen LogP contribution in [-0.4, -0.2) is 74.5 Å². The van der Waals surface area contributed by atoms with E-state index in [-0.39, 0.29) is 18.8 Å². The number of aliphatic hydroxyl groups is 5. The Morgan fingerprint density at radius 3 is 1.89 bits per heavy atom. The fraction of sp³-hybridized carbons (Fsp3) is 0.706. The highest BCUT2D eigenvalue weighted by Gasteiger charge is 2.35. The monoisotopic (exact) mass is 392 g/mol. The molecule has 27 heavy (non-hydrogen) atoms. The van der Waals surface area contributed by atoms with Crippen LogP contribution >= 0.6 is 0 Å². The molecule has 0 bridgehead atoms. The Morgan fingerprint density at radius 2 is 1.37 bits per heavy atom. The Morgan fingerprint density at radius 1 is 0.852 bits per heavy atom. The van der Waals surface area contributed by atoms with Crippen molar-refractivity contribution >= 4 is 17.9 Å². The fourth-order valence-electron chi connectivity index (χ4n) is 2.11. The molecule has 0 aliphatic heterocycles. The summed E-state index contributed by atoms with van der Waals surface area (Å²) >= 11 is 0. The maximum atomic E-state index is 11.5. The number of unbranched alkanes of at least 4 members (excludes halogenated alkanes) is 4. The highest BCUT2D eigenvalue weighted by molar-refractivity contribution is 5.88. The van der Waals surface area contributed by atoms with Crippen LogP contribution in [0.5, 0.6) is 0 Å². The van der Waals surface area contributed by atoms with Gasteiger partial charge in [0.25, 0.3) is 0 Å². The van der Waals surface area contributed by atoms with Gasteiger partial charge in [-0.15, -0.1) is 0 Å². The molecular weight excluding hydrogens is 364 g/mol. The van der Waals surface area contributed by atoms with Crippen LogP contribution < -0.4 is 0 Å². The van der Waals surface area contributed by atoms with Gasteiger partial charge in [0.15, 0.2) is 6.10 Å². The average Bonchev–Trinajstić information content (AvgIpc) is 2.64. The van der Waals surface area contributed by atoms with Gasteiger partial charge in [0, 0.05) is 12.8 Å². The van der Waals surface area contributed by atoms with E-state index in [0.717, 1.165) is 19.1 Å². The highest BCUT2D eigenvalue weighted by atomic mass is 16.6. The SMILES string of the molecule is C=COC(=O)CCCCCCCC(=O)OC(=O)[C@H](O)[C@@H](O)[C@H](O)[C@H](O)CO. The van der Waals surface area contributed by atoms with Gasteiger partial charge >= 0.3 is 17.9 Å². The van der Waals surface area contributed by atoms with Crippen LogP contribution in [0.2, 0.25) is 0 Å². The van der Waals surface area contributed by atoms with Gasteiger partial charge in [0.1, 0.15) is 18.3 Å². The minimum absolute atomic E-state index is 0.0884. The van der Waals surface area contributed by atoms with E-state index in [1.54, 1.807) is 0 Å². The van der Waals surface area contributed by atoms with E-state index in [2.05, 4.69) is 16.1 Å². The average molecular weight is 392 g/mol. The number of esters is 3. The lowest BCUT2D eigenvalue weighted by Gasteiger charge is -2.24. The summed E-state index contributed by atoms with van der Waals surface area (Å²) in [5, 5.41) is 46.2. The predicted octanol–water partition coefficient (Wildman–Crippen LogP) is -1.09. The molecule has 0 spiro atoms. The molecule has 0 heterocycles. The summed E-state index contributed by atoms with van der Waals surface area (Å²) in [6.45, 7) is 2.38. The molecule has 0 saturated carbocycles. The first-order valence-corrected chi connectivity index (χ1v) is 8.62. The summed E-state index contributed by atoms with van der Waals surface area (Å²) in [7, 11) is 0. The van der Waals surface area contributed by atoms with Gasteiger partial charge < -0.3 is 35.0 Å². The first-order valence-electron chi connectivity index (χ1n) is 8.62. The zero-order valence-electron chi connectivity index (χ0n) is 15.0. The minimum Gasteiger partial charge on any atom is -0.435 e. The maximum Gasteiger partial charge on any atom is 0.345 e. The van der Waals surface area contributed by atoms with Crippen molar-refractivity contribution < 1.29 is 49.4 Å². The van der Waals surface area contributed by atoms with Crippen LogP contribution in [-0.2, 0) is 23.9 Å². The van der Waals surface area contributed by atoms with Gasteiger partial charge in [-0.3, -0.25) is 9.59 Å². The zero-order chi connectivity index (χ0) is 20.8. The first-order chi connectivity index (χ1) is 12.7. The molecule has 4 atom stereocenters. The van der Waals surface area contributed by atoms with E-state index in [0.29, 0.717) is 19.3 Å². The Bertz CT molecular complexity index is 478. The zero-order valence-corrected chi connectivity index (χ0v) is 15.0. The number of ether oxygens (including phenoxy) is 2. The molecule has 156 valence electrons. The normalized spacial score (nSPS) is 15.3. The van der Waals surface area contributed by atoms with Crippen molar-refractivity contribution in [3.8, 4) is 0 Å². The maximum absolute atomic E-state index is 11.5. The molecule has 0 rings (SSSR count). The van der Waals surface area contributed by atoms with Gasteiger partial charge in [-0.25, -0.2) is 4.79 Å².